The summed E-state index contributed by atoms with van der Waals surface area (Å²) in [5, 5.41) is 12.2. The van der Waals surface area contributed by atoms with Crippen molar-refractivity contribution in [1.82, 2.24) is 25.0 Å². The molecular formula is C23H24ClN5O3S. The number of aromatic nitrogens is 3. The van der Waals surface area contributed by atoms with Crippen LogP contribution in [0.2, 0.25) is 5.02 Å². The largest absolute Gasteiger partial charge is 0.331 e. The molecule has 10 heteroatoms. The minimum absolute atomic E-state index is 0.0216. The Morgan fingerprint density at radius 2 is 1.91 bits per heavy atom. The van der Waals surface area contributed by atoms with Crippen molar-refractivity contribution in [3.8, 4) is 0 Å². The molecule has 1 N–H and O–H groups in total. The lowest BCUT2D eigenvalue weighted by molar-refractivity contribution is 0.185. The van der Waals surface area contributed by atoms with Gasteiger partial charge < -0.3 is 14.8 Å². The molecule has 2 aliphatic heterocycles. The summed E-state index contributed by atoms with van der Waals surface area (Å²) in [6, 6.07) is 13.8. The number of carbonyl (C=O) groups is 1. The van der Waals surface area contributed by atoms with Gasteiger partial charge in [-0.15, -0.1) is 10.2 Å². The molecule has 2 aromatic carbocycles. The van der Waals surface area contributed by atoms with Gasteiger partial charge in [-0.3, -0.25) is 0 Å². The lowest BCUT2D eigenvalue weighted by Crippen LogP contribution is -2.43. The zero-order valence-corrected chi connectivity index (χ0v) is 19.5. The molecule has 8 nitrogen and oxygen atoms in total. The van der Waals surface area contributed by atoms with Crippen molar-refractivity contribution in [1.29, 1.82) is 0 Å². The Hall–Kier alpha value is -2.91. The van der Waals surface area contributed by atoms with E-state index in [4.69, 9.17) is 11.6 Å². The lowest BCUT2D eigenvalue weighted by Gasteiger charge is -2.30. The van der Waals surface area contributed by atoms with Gasteiger partial charge in [-0.1, -0.05) is 41.9 Å². The molecular weight excluding hydrogens is 462 g/mol. The molecule has 0 spiro atoms. The minimum Gasteiger partial charge on any atom is -0.331 e. The number of amides is 2. The third kappa shape index (κ3) is 4.35. The third-order valence-electron chi connectivity index (χ3n) is 6.33. The standard InChI is InChI=1S/C23H24ClN5O3S/c24-17-9-7-16(8-10-17)14-28-15-25-27-22(28)20-5-3-12-29(20)23(30)26-19-11-13-33(31,32)21-6-2-1-4-18(19)21/h1-2,4,6-10,15,19-20H,3,5,11-14H2,(H,26,30)/t19?,20-/m1/s1. The van der Waals surface area contributed by atoms with E-state index in [1.807, 2.05) is 28.8 Å². The minimum atomic E-state index is -3.31. The number of nitrogens with one attached hydrogen (secondary N) is 1. The second-order valence-electron chi connectivity index (χ2n) is 8.44. The fourth-order valence-corrected chi connectivity index (χ4v) is 6.43. The monoisotopic (exact) mass is 485 g/mol. The van der Waals surface area contributed by atoms with Crippen LogP contribution in [0.5, 0.6) is 0 Å². The van der Waals surface area contributed by atoms with Crippen LogP contribution in [0.3, 0.4) is 0 Å². The molecule has 1 unspecified atom stereocenters. The maximum absolute atomic E-state index is 13.3. The molecule has 1 aromatic heterocycles. The number of halogens is 1. The molecule has 1 saturated heterocycles. The normalized spacial score (nSPS) is 21.5. The quantitative estimate of drug-likeness (QED) is 0.607. The van der Waals surface area contributed by atoms with Crippen molar-refractivity contribution in [2.24, 2.45) is 0 Å². The average molecular weight is 486 g/mol. The predicted molar refractivity (Wildman–Crippen MR) is 124 cm³/mol. The number of fused-ring (bicyclic) bond motifs is 1. The highest BCUT2D eigenvalue weighted by Crippen LogP contribution is 2.34. The molecule has 5 rings (SSSR count). The van der Waals surface area contributed by atoms with E-state index in [0.29, 0.717) is 35.0 Å². The van der Waals surface area contributed by atoms with E-state index in [1.165, 1.54) is 0 Å². The summed E-state index contributed by atoms with van der Waals surface area (Å²) < 4.78 is 26.8. The number of nitrogens with zero attached hydrogens (tertiary/aromatic N) is 4. The van der Waals surface area contributed by atoms with Crippen molar-refractivity contribution >= 4 is 27.5 Å². The molecule has 0 saturated carbocycles. The smallest absolute Gasteiger partial charge is 0.318 e. The second-order valence-corrected chi connectivity index (χ2v) is 11.0. The van der Waals surface area contributed by atoms with Crippen molar-refractivity contribution in [2.45, 2.75) is 42.8 Å². The lowest BCUT2D eigenvalue weighted by atomic mass is 10.0. The van der Waals surface area contributed by atoms with E-state index in [9.17, 15) is 13.2 Å². The van der Waals surface area contributed by atoms with Gasteiger partial charge in [0.1, 0.15) is 6.33 Å². The van der Waals surface area contributed by atoms with E-state index < -0.39 is 9.84 Å². The van der Waals surface area contributed by atoms with Gasteiger partial charge in [0.25, 0.3) is 0 Å². The molecule has 33 heavy (non-hydrogen) atoms. The molecule has 2 amide bonds. The van der Waals surface area contributed by atoms with Crippen LogP contribution >= 0.6 is 11.6 Å². The molecule has 172 valence electrons. The Morgan fingerprint density at radius 3 is 2.73 bits per heavy atom. The van der Waals surface area contributed by atoms with Crippen molar-refractivity contribution < 1.29 is 13.2 Å². The molecule has 1 fully saturated rings. The molecule has 2 atom stereocenters. The summed E-state index contributed by atoms with van der Waals surface area (Å²) in [4.78, 5) is 15.4. The molecule has 3 aromatic rings. The first-order valence-corrected chi connectivity index (χ1v) is 13.0. The van der Waals surface area contributed by atoms with Crippen LogP contribution in [0.15, 0.2) is 59.8 Å². The second kappa shape index (κ2) is 8.79. The number of carbonyl (C=O) groups excluding carboxylic acids is 1. The first kappa shape index (κ1) is 21.9. The molecule has 2 aliphatic rings. The highest BCUT2D eigenvalue weighted by atomic mass is 35.5. The van der Waals surface area contributed by atoms with Gasteiger partial charge in [0.2, 0.25) is 0 Å². The van der Waals surface area contributed by atoms with Crippen LogP contribution < -0.4 is 5.32 Å². The van der Waals surface area contributed by atoms with E-state index in [-0.39, 0.29) is 23.9 Å². The van der Waals surface area contributed by atoms with Gasteiger partial charge >= 0.3 is 6.03 Å². The number of likely N-dealkylation sites (tertiary alicyclic amines) is 1. The van der Waals surface area contributed by atoms with Crippen LogP contribution in [-0.2, 0) is 16.4 Å². The topological polar surface area (TPSA) is 97.2 Å². The summed E-state index contributed by atoms with van der Waals surface area (Å²) in [6.45, 7) is 1.19. The van der Waals surface area contributed by atoms with Gasteiger partial charge in [0, 0.05) is 11.6 Å². The van der Waals surface area contributed by atoms with Crippen LogP contribution in [0.4, 0.5) is 4.79 Å². The predicted octanol–water partition coefficient (Wildman–Crippen LogP) is 3.75. The summed E-state index contributed by atoms with van der Waals surface area (Å²) in [6.07, 6.45) is 3.70. The number of sulfone groups is 1. The first-order valence-electron chi connectivity index (χ1n) is 10.9. The molecule has 0 aliphatic carbocycles. The summed E-state index contributed by atoms with van der Waals surface area (Å²) >= 11 is 5.99. The summed E-state index contributed by atoms with van der Waals surface area (Å²) in [5.74, 6) is 0.762. The number of hydrogen-bond acceptors (Lipinski definition) is 5. The zero-order chi connectivity index (χ0) is 23.0. The van der Waals surface area contributed by atoms with E-state index >= 15 is 0 Å². The van der Waals surface area contributed by atoms with Crippen molar-refractivity contribution in [3.63, 3.8) is 0 Å². The summed E-state index contributed by atoms with van der Waals surface area (Å²) in [7, 11) is -3.31. The van der Waals surface area contributed by atoms with Gasteiger partial charge in [0.05, 0.1) is 29.3 Å². The number of rotatable bonds is 4. The Bertz CT molecular complexity index is 1280. The Morgan fingerprint density at radius 1 is 1.12 bits per heavy atom. The fraction of sp³-hybridized carbons (Fsp3) is 0.348. The maximum Gasteiger partial charge on any atom is 0.318 e. The number of urea groups is 1. The zero-order valence-electron chi connectivity index (χ0n) is 17.9. The van der Waals surface area contributed by atoms with E-state index in [0.717, 1.165) is 24.2 Å². The number of hydrogen-bond donors (Lipinski definition) is 1. The molecule has 0 bridgehead atoms. The van der Waals surface area contributed by atoms with Gasteiger partial charge in [-0.05, 0) is 48.6 Å². The van der Waals surface area contributed by atoms with Gasteiger partial charge in [-0.25, -0.2) is 13.2 Å². The van der Waals surface area contributed by atoms with Crippen LogP contribution in [0, 0.1) is 0 Å². The van der Waals surface area contributed by atoms with Gasteiger partial charge in [0.15, 0.2) is 15.7 Å². The van der Waals surface area contributed by atoms with Crippen LogP contribution in [0.1, 0.15) is 48.3 Å². The Kier molecular flexibility index (Phi) is 5.84. The third-order valence-corrected chi connectivity index (χ3v) is 8.39. The van der Waals surface area contributed by atoms with Gasteiger partial charge in [-0.2, -0.15) is 0 Å². The first-order chi connectivity index (χ1) is 15.9. The Balaban J connectivity index is 1.34. The van der Waals surface area contributed by atoms with Crippen molar-refractivity contribution in [2.75, 3.05) is 12.3 Å². The summed E-state index contributed by atoms with van der Waals surface area (Å²) in [5.41, 5.74) is 1.72. The van der Waals surface area contributed by atoms with Crippen molar-refractivity contribution in [3.05, 3.63) is 76.8 Å². The average Bonchev–Trinajstić information content (AvgIpc) is 3.47. The van der Waals surface area contributed by atoms with Crippen LogP contribution in [0.25, 0.3) is 0 Å². The Labute approximate surface area is 197 Å². The molecule has 0 radical (unpaired) electrons. The SMILES string of the molecule is O=C(NC1CCS(=O)(=O)c2ccccc21)N1CCC[C@@H]1c1nncn1Cc1ccc(Cl)cc1. The van der Waals surface area contributed by atoms with Crippen LogP contribution in [-0.4, -0.2) is 46.4 Å². The highest BCUT2D eigenvalue weighted by Gasteiger charge is 2.36. The fourth-order valence-electron chi connectivity index (χ4n) is 4.68. The highest BCUT2D eigenvalue weighted by molar-refractivity contribution is 7.91. The van der Waals surface area contributed by atoms with E-state index in [1.54, 1.807) is 35.5 Å². The number of benzene rings is 2. The maximum atomic E-state index is 13.3. The van der Waals surface area contributed by atoms with E-state index in [2.05, 4.69) is 15.5 Å². The molecule has 3 heterocycles.